The number of halogens is 2. The molecule has 2 amide bonds. The smallest absolute Gasteiger partial charge is 0.275 e. The van der Waals surface area contributed by atoms with Crippen molar-refractivity contribution in [2.75, 3.05) is 5.32 Å². The molecule has 0 bridgehead atoms. The molecular formula is C28H24F2N4O2. The molecule has 3 aromatic carbocycles. The number of anilines is 1. The third-order valence-corrected chi connectivity index (χ3v) is 5.68. The Kier molecular flexibility index (Phi) is 7.75. The van der Waals surface area contributed by atoms with E-state index in [1.165, 1.54) is 59.9 Å². The predicted molar refractivity (Wildman–Crippen MR) is 132 cm³/mol. The molecular weight excluding hydrogens is 462 g/mol. The van der Waals surface area contributed by atoms with E-state index in [4.69, 9.17) is 0 Å². The van der Waals surface area contributed by atoms with Gasteiger partial charge in [0.2, 0.25) is 0 Å². The Balaban J connectivity index is 1.78. The quantitative estimate of drug-likeness (QED) is 0.365. The van der Waals surface area contributed by atoms with Crippen molar-refractivity contribution in [3.63, 3.8) is 0 Å². The van der Waals surface area contributed by atoms with Crippen LogP contribution in [-0.4, -0.2) is 26.7 Å². The highest BCUT2D eigenvalue weighted by Gasteiger charge is 2.33. The second kappa shape index (κ2) is 11.3. The van der Waals surface area contributed by atoms with E-state index >= 15 is 0 Å². The normalized spacial score (nSPS) is 11.5. The highest BCUT2D eigenvalue weighted by molar-refractivity contribution is 6.00. The number of aromatic nitrogens is 2. The lowest BCUT2D eigenvalue weighted by atomic mass is 10.00. The molecule has 0 spiro atoms. The average molecular weight is 487 g/mol. The molecule has 4 aromatic rings. The fourth-order valence-corrected chi connectivity index (χ4v) is 3.78. The minimum atomic E-state index is -1.07. The lowest BCUT2D eigenvalue weighted by Gasteiger charge is -2.31. The molecule has 1 heterocycles. The van der Waals surface area contributed by atoms with Crippen molar-refractivity contribution in [3.05, 3.63) is 125 Å². The summed E-state index contributed by atoms with van der Waals surface area (Å²) in [6.07, 6.45) is 4.98. The van der Waals surface area contributed by atoms with Gasteiger partial charge in [0.1, 0.15) is 23.4 Å². The molecule has 0 radical (unpaired) electrons. The van der Waals surface area contributed by atoms with Crippen molar-refractivity contribution < 1.29 is 18.4 Å². The third-order valence-electron chi connectivity index (χ3n) is 5.68. The topological polar surface area (TPSA) is 75.2 Å². The molecule has 0 saturated carbocycles. The molecule has 1 aromatic heterocycles. The van der Waals surface area contributed by atoms with Crippen LogP contribution in [0.1, 0.15) is 40.1 Å². The first-order chi connectivity index (χ1) is 17.4. The van der Waals surface area contributed by atoms with Crippen molar-refractivity contribution in [2.24, 2.45) is 0 Å². The minimum absolute atomic E-state index is 0.00667. The summed E-state index contributed by atoms with van der Waals surface area (Å²) >= 11 is 0. The number of hydrogen-bond donors (Lipinski definition) is 1. The molecule has 0 aliphatic heterocycles. The van der Waals surface area contributed by atoms with Gasteiger partial charge in [-0.1, -0.05) is 43.3 Å². The first-order valence-corrected chi connectivity index (χ1v) is 11.4. The van der Waals surface area contributed by atoms with Crippen molar-refractivity contribution in [1.82, 2.24) is 14.9 Å². The van der Waals surface area contributed by atoms with Gasteiger partial charge in [0, 0.05) is 24.6 Å². The summed E-state index contributed by atoms with van der Waals surface area (Å²) in [6.45, 7) is 2.03. The van der Waals surface area contributed by atoms with Crippen LogP contribution in [0.5, 0.6) is 0 Å². The third kappa shape index (κ3) is 5.96. The monoisotopic (exact) mass is 486 g/mol. The molecule has 36 heavy (non-hydrogen) atoms. The molecule has 4 rings (SSSR count). The molecule has 0 unspecified atom stereocenters. The summed E-state index contributed by atoms with van der Waals surface area (Å²) in [5.74, 6) is -1.86. The van der Waals surface area contributed by atoms with Gasteiger partial charge in [-0.15, -0.1) is 0 Å². The Morgan fingerprint density at radius 2 is 1.47 bits per heavy atom. The van der Waals surface area contributed by atoms with E-state index in [0.717, 1.165) is 12.0 Å². The van der Waals surface area contributed by atoms with Crippen LogP contribution in [-0.2, 0) is 17.8 Å². The zero-order valence-electron chi connectivity index (χ0n) is 19.6. The highest BCUT2D eigenvalue weighted by Crippen LogP contribution is 2.27. The summed E-state index contributed by atoms with van der Waals surface area (Å²) < 4.78 is 27.0. The Morgan fingerprint density at radius 3 is 2.06 bits per heavy atom. The maximum atomic E-state index is 13.7. The molecule has 1 N–H and O–H groups in total. The van der Waals surface area contributed by atoms with Crippen LogP contribution in [0.3, 0.4) is 0 Å². The fourth-order valence-electron chi connectivity index (χ4n) is 3.78. The number of hydrogen-bond acceptors (Lipinski definition) is 4. The van der Waals surface area contributed by atoms with E-state index in [9.17, 15) is 18.4 Å². The van der Waals surface area contributed by atoms with Gasteiger partial charge in [-0.05, 0) is 59.5 Å². The Hall–Kier alpha value is -4.46. The van der Waals surface area contributed by atoms with E-state index < -0.39 is 29.5 Å². The number of carbonyl (C=O) groups excluding carboxylic acids is 2. The van der Waals surface area contributed by atoms with Gasteiger partial charge < -0.3 is 10.2 Å². The SMILES string of the molecule is CCc1ccc([C@H](C(=O)Nc2ccc(F)cc2)N(Cc2ccc(F)cc2)C(=O)c2cnccn2)cc1. The number of nitrogens with zero attached hydrogens (tertiary/aromatic N) is 3. The van der Waals surface area contributed by atoms with Gasteiger partial charge in [0.05, 0.1) is 6.20 Å². The van der Waals surface area contributed by atoms with E-state index in [-0.39, 0.29) is 12.2 Å². The summed E-state index contributed by atoms with van der Waals surface area (Å²) in [6, 6.07) is 17.4. The molecule has 8 heteroatoms. The Morgan fingerprint density at radius 1 is 0.861 bits per heavy atom. The number of amides is 2. The summed E-state index contributed by atoms with van der Waals surface area (Å²) in [5.41, 5.74) is 2.71. The maximum Gasteiger partial charge on any atom is 0.275 e. The van der Waals surface area contributed by atoms with Crippen LogP contribution in [0.2, 0.25) is 0 Å². The van der Waals surface area contributed by atoms with E-state index in [0.29, 0.717) is 16.8 Å². The largest absolute Gasteiger partial charge is 0.324 e. The summed E-state index contributed by atoms with van der Waals surface area (Å²) in [4.78, 5) is 36.8. The van der Waals surface area contributed by atoms with Gasteiger partial charge in [-0.25, -0.2) is 13.8 Å². The van der Waals surface area contributed by atoms with Crippen LogP contribution in [0.4, 0.5) is 14.5 Å². The highest BCUT2D eigenvalue weighted by atomic mass is 19.1. The van der Waals surface area contributed by atoms with Crippen LogP contribution in [0.15, 0.2) is 91.4 Å². The van der Waals surface area contributed by atoms with E-state index in [1.54, 1.807) is 24.3 Å². The summed E-state index contributed by atoms with van der Waals surface area (Å²) in [5, 5.41) is 2.78. The van der Waals surface area contributed by atoms with Crippen molar-refractivity contribution in [3.8, 4) is 0 Å². The maximum absolute atomic E-state index is 13.7. The van der Waals surface area contributed by atoms with Crippen LogP contribution in [0, 0.1) is 11.6 Å². The van der Waals surface area contributed by atoms with Gasteiger partial charge in [0.25, 0.3) is 11.8 Å². The summed E-state index contributed by atoms with van der Waals surface area (Å²) in [7, 11) is 0. The molecule has 182 valence electrons. The zero-order valence-corrected chi connectivity index (χ0v) is 19.6. The molecule has 0 saturated heterocycles. The average Bonchev–Trinajstić information content (AvgIpc) is 2.91. The van der Waals surface area contributed by atoms with E-state index in [1.807, 2.05) is 19.1 Å². The van der Waals surface area contributed by atoms with Gasteiger partial charge in [-0.2, -0.15) is 0 Å². The van der Waals surface area contributed by atoms with Crippen molar-refractivity contribution in [2.45, 2.75) is 25.9 Å². The van der Waals surface area contributed by atoms with Gasteiger partial charge >= 0.3 is 0 Å². The van der Waals surface area contributed by atoms with Crippen molar-refractivity contribution >= 4 is 17.5 Å². The molecule has 0 aliphatic carbocycles. The Labute approximate surface area is 207 Å². The molecule has 1 atom stereocenters. The second-order valence-electron chi connectivity index (χ2n) is 8.14. The number of carbonyl (C=O) groups is 2. The van der Waals surface area contributed by atoms with Crippen LogP contribution >= 0.6 is 0 Å². The standard InChI is InChI=1S/C28H24F2N4O2/c1-2-19-3-7-21(8-4-19)26(27(35)33-24-13-11-23(30)12-14-24)34(18-20-5-9-22(29)10-6-20)28(36)25-17-31-15-16-32-25/h3-17,26H,2,18H2,1H3,(H,33,35)/t26-/m1/s1. The van der Waals surface area contributed by atoms with Gasteiger partial charge in [-0.3, -0.25) is 14.6 Å². The lowest BCUT2D eigenvalue weighted by molar-refractivity contribution is -0.121. The number of nitrogens with one attached hydrogen (secondary N) is 1. The Bertz CT molecular complexity index is 1310. The predicted octanol–water partition coefficient (Wildman–Crippen LogP) is 5.34. The second-order valence-corrected chi connectivity index (χ2v) is 8.14. The first kappa shape index (κ1) is 24.7. The molecule has 0 aliphatic rings. The van der Waals surface area contributed by atoms with Crippen LogP contribution in [0.25, 0.3) is 0 Å². The molecule has 6 nitrogen and oxygen atoms in total. The first-order valence-electron chi connectivity index (χ1n) is 11.4. The fraction of sp³-hybridized carbons (Fsp3) is 0.143. The van der Waals surface area contributed by atoms with Crippen molar-refractivity contribution in [1.29, 1.82) is 0 Å². The lowest BCUT2D eigenvalue weighted by Crippen LogP contribution is -2.41. The van der Waals surface area contributed by atoms with E-state index in [2.05, 4.69) is 15.3 Å². The van der Waals surface area contributed by atoms with Gasteiger partial charge in [0.15, 0.2) is 0 Å². The molecule has 0 fully saturated rings. The zero-order chi connectivity index (χ0) is 25.5. The number of rotatable bonds is 8. The number of benzene rings is 3. The number of aryl methyl sites for hydroxylation is 1. The van der Waals surface area contributed by atoms with Crippen LogP contribution < -0.4 is 5.32 Å². The minimum Gasteiger partial charge on any atom is -0.324 e.